The number of pyridine rings is 3. The molecular weight excluding hydrogens is 1270 g/mol. The van der Waals surface area contributed by atoms with Crippen LogP contribution in [-0.4, -0.2) is 155 Å². The number of ether oxygens (including phenoxy) is 12. The topological polar surface area (TPSA) is 241 Å². The Morgan fingerprint density at radius 2 is 0.830 bits per heavy atom. The van der Waals surface area contributed by atoms with Crippen LogP contribution in [0.1, 0.15) is 176 Å². The second-order valence-electron chi connectivity index (χ2n) is 30.7. The van der Waals surface area contributed by atoms with Crippen molar-refractivity contribution in [1.29, 1.82) is 0 Å². The summed E-state index contributed by atoms with van der Waals surface area (Å²) in [6.07, 6.45) is 27.2. The molecule has 0 amide bonds. The van der Waals surface area contributed by atoms with Gasteiger partial charge in [0.15, 0.2) is 18.9 Å². The molecule has 6 saturated carbocycles. The lowest BCUT2D eigenvalue weighted by molar-refractivity contribution is -0.304. The maximum Gasteiger partial charge on any atom is 0.305 e. The van der Waals surface area contributed by atoms with Crippen LogP contribution in [-0.2, 0) is 57.0 Å². The van der Waals surface area contributed by atoms with Gasteiger partial charge in [0.1, 0.15) is 17.2 Å². The fraction of sp³-hybridized carbons (Fsp3) is 0.700. The molecular formula is C80H119N3O17. The van der Waals surface area contributed by atoms with E-state index in [0.29, 0.717) is 107 Å². The van der Waals surface area contributed by atoms with Gasteiger partial charge < -0.3 is 67.1 Å². The summed E-state index contributed by atoms with van der Waals surface area (Å²) in [5.41, 5.74) is 3.93. The zero-order chi connectivity index (χ0) is 72.3. The summed E-state index contributed by atoms with van der Waals surface area (Å²) >= 11 is 0. The first-order valence-corrected chi connectivity index (χ1v) is 36.6. The predicted molar refractivity (Wildman–Crippen MR) is 379 cm³/mol. The standard InChI is InChI=1S/2C26H37NO5.C21H31NO3.C7H14O4/c2*1-18-5-6-21-25(2,20(18)12-16-30-19-10-14-27-15-11-19)13-9-22-26(21,3)17-31-24(32-22)8-7-23(28)29-4;1-15-4-5-18-20(2,10-6-19(24)21(18,3)14-23)17(15)9-13-25-16-7-11-22-12-8-16;1-9-6(8)4-5-7(10-2)11-3/h2*10-11,14-15,20-22,24H,1,5-9,12-13,16-17H2,2-4H3;7-8,11-12,17-19,23-24H,1,4-6,9-10,13-14H2,2-3H3;7H,4-5H2,1-3H3/t2*20-,21?,22-,24-,25+,26+;17-,18?,19-,20+,21+;/m111./s1. The van der Waals surface area contributed by atoms with E-state index in [-0.39, 0.29) is 82.7 Å². The van der Waals surface area contributed by atoms with E-state index in [1.165, 1.54) is 52.3 Å². The molecule has 2 N–H and O–H groups in total. The van der Waals surface area contributed by atoms with Gasteiger partial charge in [-0.1, -0.05) is 78.0 Å². The van der Waals surface area contributed by atoms with Crippen LogP contribution in [0.25, 0.3) is 0 Å². The number of allylic oxidation sites excluding steroid dienone is 3. The van der Waals surface area contributed by atoms with Crippen molar-refractivity contribution >= 4 is 17.9 Å². The monoisotopic (exact) mass is 1390 g/mol. The minimum Gasteiger partial charge on any atom is -0.493 e. The molecule has 6 aliphatic carbocycles. The van der Waals surface area contributed by atoms with Crippen LogP contribution in [0.3, 0.4) is 0 Å². The normalized spacial score (nSPS) is 34.1. The van der Waals surface area contributed by atoms with Crippen LogP contribution in [0.2, 0.25) is 0 Å². The summed E-state index contributed by atoms with van der Waals surface area (Å²) < 4.78 is 66.7. The lowest BCUT2D eigenvalue weighted by Crippen LogP contribution is -2.61. The van der Waals surface area contributed by atoms with Gasteiger partial charge >= 0.3 is 17.9 Å². The Balaban J connectivity index is 0.000000179. The molecule has 0 spiro atoms. The third kappa shape index (κ3) is 18.9. The van der Waals surface area contributed by atoms with Crippen LogP contribution >= 0.6 is 0 Å². The summed E-state index contributed by atoms with van der Waals surface area (Å²) in [7, 11) is 7.26. The van der Waals surface area contributed by atoms with Crippen LogP contribution < -0.4 is 14.2 Å². The van der Waals surface area contributed by atoms with Crippen LogP contribution in [0.4, 0.5) is 0 Å². The number of aliphatic hydroxyl groups is 2. The highest BCUT2D eigenvalue weighted by molar-refractivity contribution is 5.69. The number of aromatic nitrogens is 3. The van der Waals surface area contributed by atoms with Gasteiger partial charge in [0, 0.05) is 86.9 Å². The summed E-state index contributed by atoms with van der Waals surface area (Å²) in [5.74, 6) is 4.44. The second kappa shape index (κ2) is 36.5. The quantitative estimate of drug-likeness (QED) is 0.0366. The van der Waals surface area contributed by atoms with E-state index in [9.17, 15) is 24.6 Å². The van der Waals surface area contributed by atoms with Crippen molar-refractivity contribution < 1.29 is 81.4 Å². The molecule has 0 radical (unpaired) electrons. The van der Waals surface area contributed by atoms with Crippen molar-refractivity contribution in [3.63, 3.8) is 0 Å². The van der Waals surface area contributed by atoms with Gasteiger partial charge in [0.25, 0.3) is 0 Å². The van der Waals surface area contributed by atoms with Gasteiger partial charge in [0.05, 0.1) is 98.5 Å². The average Bonchev–Trinajstić information content (AvgIpc) is 0.769. The number of carbonyl (C=O) groups is 3. The summed E-state index contributed by atoms with van der Waals surface area (Å²) in [5, 5.41) is 20.6. The average molecular weight is 1390 g/mol. The number of methoxy groups -OCH3 is 5. The summed E-state index contributed by atoms with van der Waals surface area (Å²) in [6, 6.07) is 11.4. The number of aliphatic hydroxyl groups excluding tert-OH is 2. The lowest BCUT2D eigenvalue weighted by atomic mass is 9.46. The first-order chi connectivity index (χ1) is 47.9. The highest BCUT2D eigenvalue weighted by Gasteiger charge is 2.62. The van der Waals surface area contributed by atoms with Gasteiger partial charge in [-0.3, -0.25) is 29.3 Å². The minimum absolute atomic E-state index is 0.0281. The number of nitrogens with zero attached hydrogens (tertiary/aromatic N) is 3. The number of fused-ring (bicyclic) bond motifs is 7. The largest absolute Gasteiger partial charge is 0.493 e. The van der Waals surface area contributed by atoms with Crippen LogP contribution in [0.15, 0.2) is 110 Å². The minimum atomic E-state index is -0.421. The number of esters is 3. The molecule has 17 atom stereocenters. The lowest BCUT2D eigenvalue weighted by Gasteiger charge is -2.62. The van der Waals surface area contributed by atoms with Crippen molar-refractivity contribution in [2.24, 2.45) is 68.0 Å². The Bertz CT molecular complexity index is 2950. The van der Waals surface area contributed by atoms with E-state index in [4.69, 9.17) is 52.1 Å². The molecule has 8 aliphatic rings. The first kappa shape index (κ1) is 79.9. The Hall–Kier alpha value is -5.84. The Morgan fingerprint density at radius 3 is 1.18 bits per heavy atom. The SMILES string of the molecule is C=C1CCC2[C@](C)(CO)[C@H](O)CC[C@@]2(C)[C@@H]1CCOc1ccncc1.C=C1CCC2[C@]3(C)CO[C@@H](CCC(=O)OC)O[C@@H]3CC[C@@]2(C)[C@@H]1CCOc1ccncc1.C=C1CCC2[C@]3(C)CO[C@@H](CCC(=O)OC)O[C@@H]3CC[C@@]2(C)[C@@H]1CCOc1ccncc1.COC(=O)CCC(OC)OC. The summed E-state index contributed by atoms with van der Waals surface area (Å²) in [6.45, 7) is 30.7. The molecule has 20 heteroatoms. The Kier molecular flexibility index (Phi) is 29.2. The van der Waals surface area contributed by atoms with Crippen LogP contribution in [0, 0.1) is 68.0 Å². The maximum absolute atomic E-state index is 11.5. The highest BCUT2D eigenvalue weighted by Crippen LogP contribution is 2.66. The molecule has 0 aromatic carbocycles. The third-order valence-corrected chi connectivity index (χ3v) is 25.1. The molecule has 3 aromatic heterocycles. The molecule has 100 heavy (non-hydrogen) atoms. The van der Waals surface area contributed by atoms with E-state index in [2.05, 4.69) is 81.0 Å². The number of hydrogen-bond donors (Lipinski definition) is 2. The first-order valence-electron chi connectivity index (χ1n) is 36.6. The molecule has 11 rings (SSSR count). The molecule has 3 unspecified atom stereocenters. The van der Waals surface area contributed by atoms with Gasteiger partial charge in [0.2, 0.25) is 0 Å². The van der Waals surface area contributed by atoms with Crippen molar-refractivity contribution in [2.75, 3.05) is 75.2 Å². The third-order valence-electron chi connectivity index (χ3n) is 25.1. The Labute approximate surface area is 595 Å². The number of carbonyl (C=O) groups excluding carboxylic acids is 3. The van der Waals surface area contributed by atoms with Crippen LogP contribution in [0.5, 0.6) is 17.2 Å². The van der Waals surface area contributed by atoms with Gasteiger partial charge in [-0.25, -0.2) is 0 Å². The van der Waals surface area contributed by atoms with E-state index in [0.717, 1.165) is 114 Å². The number of hydrogen-bond acceptors (Lipinski definition) is 20. The second-order valence-corrected chi connectivity index (χ2v) is 30.7. The maximum atomic E-state index is 11.5. The predicted octanol–water partition coefficient (Wildman–Crippen LogP) is 14.0. The smallest absolute Gasteiger partial charge is 0.305 e. The number of rotatable bonds is 24. The van der Waals surface area contributed by atoms with Gasteiger partial charge in [-0.15, -0.1) is 0 Å². The Morgan fingerprint density at radius 1 is 0.490 bits per heavy atom. The van der Waals surface area contributed by atoms with E-state index in [1.807, 2.05) is 36.4 Å². The summed E-state index contributed by atoms with van der Waals surface area (Å²) in [4.78, 5) is 45.8. The molecule has 20 nitrogen and oxygen atoms in total. The van der Waals surface area contributed by atoms with E-state index < -0.39 is 11.5 Å². The van der Waals surface area contributed by atoms with E-state index in [1.54, 1.807) is 37.2 Å². The van der Waals surface area contributed by atoms with Gasteiger partial charge in [-0.05, 0) is 184 Å². The van der Waals surface area contributed by atoms with Crippen molar-refractivity contribution in [3.8, 4) is 17.2 Å². The fourth-order valence-corrected chi connectivity index (χ4v) is 19.4. The molecule has 3 aromatic rings. The van der Waals surface area contributed by atoms with Crippen molar-refractivity contribution in [1.82, 2.24) is 15.0 Å². The highest BCUT2D eigenvalue weighted by atomic mass is 16.7. The van der Waals surface area contributed by atoms with E-state index >= 15 is 0 Å². The fourth-order valence-electron chi connectivity index (χ4n) is 19.4. The van der Waals surface area contributed by atoms with Crippen molar-refractivity contribution in [2.45, 2.75) is 214 Å². The molecule has 0 bridgehead atoms. The molecule has 556 valence electrons. The molecule has 2 aliphatic heterocycles. The van der Waals surface area contributed by atoms with Crippen molar-refractivity contribution in [3.05, 3.63) is 110 Å². The zero-order valence-electron chi connectivity index (χ0n) is 61.9. The molecule has 8 fully saturated rings. The zero-order valence-corrected chi connectivity index (χ0v) is 61.9. The molecule has 2 saturated heterocycles. The molecule has 5 heterocycles. The van der Waals surface area contributed by atoms with Gasteiger partial charge in [-0.2, -0.15) is 0 Å².